The average molecular weight is 356 g/mol. The van der Waals surface area contributed by atoms with E-state index in [1.165, 1.54) is 0 Å². The number of ether oxygens (including phenoxy) is 2. The summed E-state index contributed by atoms with van der Waals surface area (Å²) < 4.78 is 11.6. The first-order valence-electron chi connectivity index (χ1n) is 7.95. The van der Waals surface area contributed by atoms with E-state index < -0.39 is 0 Å². The number of rotatable bonds is 6. The van der Waals surface area contributed by atoms with Crippen molar-refractivity contribution in [1.82, 2.24) is 0 Å². The van der Waals surface area contributed by atoms with E-state index in [0.29, 0.717) is 13.2 Å². The first-order valence-corrected chi connectivity index (χ1v) is 7.95. The maximum absolute atomic E-state index is 6.11. The highest BCUT2D eigenvalue weighted by atomic mass is 35.5. The molecule has 0 amide bonds. The van der Waals surface area contributed by atoms with Crippen molar-refractivity contribution >= 4 is 12.4 Å². The molecule has 4 heteroatoms. The molecule has 0 aliphatic carbocycles. The van der Waals surface area contributed by atoms with Crippen molar-refractivity contribution in [1.29, 1.82) is 0 Å². The minimum absolute atomic E-state index is 0. The van der Waals surface area contributed by atoms with Gasteiger partial charge in [-0.1, -0.05) is 60.7 Å². The molecule has 0 bridgehead atoms. The third-order valence-corrected chi connectivity index (χ3v) is 3.92. The molecule has 3 aromatic carbocycles. The molecule has 0 fully saturated rings. The van der Waals surface area contributed by atoms with Crippen LogP contribution in [0.2, 0.25) is 0 Å². The molecule has 0 aliphatic heterocycles. The molecule has 3 nitrogen and oxygen atoms in total. The predicted molar refractivity (Wildman–Crippen MR) is 104 cm³/mol. The van der Waals surface area contributed by atoms with Gasteiger partial charge in [-0.3, -0.25) is 0 Å². The normalized spacial score (nSPS) is 10.0. The second-order valence-corrected chi connectivity index (χ2v) is 5.51. The third kappa shape index (κ3) is 4.53. The van der Waals surface area contributed by atoms with Crippen LogP contribution < -0.4 is 15.2 Å². The minimum atomic E-state index is 0. The lowest BCUT2D eigenvalue weighted by Gasteiger charge is -2.15. The molecule has 0 radical (unpaired) electrons. The van der Waals surface area contributed by atoms with Gasteiger partial charge in [0.2, 0.25) is 0 Å². The van der Waals surface area contributed by atoms with Gasteiger partial charge in [0.25, 0.3) is 0 Å². The third-order valence-electron chi connectivity index (χ3n) is 3.92. The maximum atomic E-state index is 6.11. The molecule has 25 heavy (non-hydrogen) atoms. The molecule has 3 aromatic rings. The number of nitrogens with two attached hydrogens (primary N) is 1. The Morgan fingerprint density at radius 3 is 2.16 bits per heavy atom. The first-order chi connectivity index (χ1) is 11.8. The fraction of sp³-hybridized carbons (Fsp3) is 0.143. The maximum Gasteiger partial charge on any atom is 0.128 e. The smallest absolute Gasteiger partial charge is 0.128 e. The fourth-order valence-electron chi connectivity index (χ4n) is 2.64. The number of halogens is 1. The van der Waals surface area contributed by atoms with Crippen molar-refractivity contribution in [3.63, 3.8) is 0 Å². The van der Waals surface area contributed by atoms with Gasteiger partial charge in [-0.15, -0.1) is 12.4 Å². The zero-order valence-corrected chi connectivity index (χ0v) is 15.0. The Balaban J connectivity index is 0.00000225. The van der Waals surface area contributed by atoms with Crippen LogP contribution in [0, 0.1) is 0 Å². The van der Waals surface area contributed by atoms with Crippen molar-refractivity contribution in [2.45, 2.75) is 13.2 Å². The van der Waals surface area contributed by atoms with Crippen LogP contribution >= 0.6 is 12.4 Å². The number of para-hydroxylation sites is 1. The van der Waals surface area contributed by atoms with Crippen molar-refractivity contribution in [3.8, 4) is 22.6 Å². The highest BCUT2D eigenvalue weighted by molar-refractivity contribution is 5.85. The van der Waals surface area contributed by atoms with E-state index in [1.54, 1.807) is 7.11 Å². The zero-order valence-electron chi connectivity index (χ0n) is 14.1. The summed E-state index contributed by atoms with van der Waals surface area (Å²) in [7, 11) is 1.68. The largest absolute Gasteiger partial charge is 0.496 e. The highest BCUT2D eigenvalue weighted by Gasteiger charge is 2.12. The summed E-state index contributed by atoms with van der Waals surface area (Å²) in [5.74, 6) is 1.63. The molecule has 2 N–H and O–H groups in total. The molecular weight excluding hydrogens is 334 g/mol. The number of hydrogen-bond acceptors (Lipinski definition) is 3. The van der Waals surface area contributed by atoms with Crippen LogP contribution in [0.1, 0.15) is 11.1 Å². The van der Waals surface area contributed by atoms with Crippen LogP contribution in [0.25, 0.3) is 11.1 Å². The molecule has 0 saturated heterocycles. The van der Waals surface area contributed by atoms with E-state index in [2.05, 4.69) is 12.1 Å². The lowest BCUT2D eigenvalue weighted by Crippen LogP contribution is -2.01. The van der Waals surface area contributed by atoms with E-state index >= 15 is 0 Å². The van der Waals surface area contributed by atoms with Crippen LogP contribution in [-0.2, 0) is 13.2 Å². The van der Waals surface area contributed by atoms with Crippen molar-refractivity contribution in [3.05, 3.63) is 83.9 Å². The van der Waals surface area contributed by atoms with E-state index in [-0.39, 0.29) is 12.4 Å². The fourth-order valence-corrected chi connectivity index (χ4v) is 2.64. The second kappa shape index (κ2) is 9.11. The van der Waals surface area contributed by atoms with Gasteiger partial charge >= 0.3 is 0 Å². The Bertz CT molecular complexity index is 806. The highest BCUT2D eigenvalue weighted by Crippen LogP contribution is 2.37. The van der Waals surface area contributed by atoms with E-state index in [1.807, 2.05) is 60.7 Å². The topological polar surface area (TPSA) is 44.5 Å². The molecule has 0 spiro atoms. The van der Waals surface area contributed by atoms with E-state index in [9.17, 15) is 0 Å². The van der Waals surface area contributed by atoms with E-state index in [0.717, 1.165) is 33.8 Å². The SMILES string of the molecule is COc1ccccc1-c1ccc(CN)cc1OCc1ccccc1.Cl. The van der Waals surface area contributed by atoms with Gasteiger partial charge in [0.05, 0.1) is 7.11 Å². The molecule has 0 heterocycles. The molecular formula is C21H22ClNO2. The van der Waals surface area contributed by atoms with E-state index in [4.69, 9.17) is 15.2 Å². The van der Waals surface area contributed by atoms with Crippen LogP contribution in [0.15, 0.2) is 72.8 Å². The summed E-state index contributed by atoms with van der Waals surface area (Å²) in [5.41, 5.74) is 9.96. The van der Waals surface area contributed by atoms with Gasteiger partial charge < -0.3 is 15.2 Å². The summed E-state index contributed by atoms with van der Waals surface area (Å²) >= 11 is 0. The van der Waals surface area contributed by atoms with Crippen LogP contribution in [0.5, 0.6) is 11.5 Å². The Morgan fingerprint density at radius 2 is 1.44 bits per heavy atom. The molecule has 0 atom stereocenters. The van der Waals surface area contributed by atoms with Gasteiger partial charge in [0.15, 0.2) is 0 Å². The Kier molecular flexibility index (Phi) is 6.87. The standard InChI is InChI=1S/C21H21NO2.ClH/c1-23-20-10-6-5-9-18(20)19-12-11-17(14-22)13-21(19)24-15-16-7-3-2-4-8-16;/h2-13H,14-15,22H2,1H3;1H. The van der Waals surface area contributed by atoms with Gasteiger partial charge in [0.1, 0.15) is 18.1 Å². The quantitative estimate of drug-likeness (QED) is 0.689. The van der Waals surface area contributed by atoms with Gasteiger partial charge in [-0.05, 0) is 23.3 Å². The lowest BCUT2D eigenvalue weighted by atomic mass is 10.0. The van der Waals surface area contributed by atoms with Gasteiger partial charge in [-0.2, -0.15) is 0 Å². The van der Waals surface area contributed by atoms with Crippen LogP contribution in [-0.4, -0.2) is 7.11 Å². The summed E-state index contributed by atoms with van der Waals surface area (Å²) in [6.07, 6.45) is 0. The zero-order chi connectivity index (χ0) is 16.8. The first kappa shape index (κ1) is 18.8. The number of benzene rings is 3. The average Bonchev–Trinajstić information content (AvgIpc) is 2.67. The molecule has 3 rings (SSSR count). The molecule has 0 unspecified atom stereocenters. The monoisotopic (exact) mass is 355 g/mol. The summed E-state index contributed by atoms with van der Waals surface area (Å²) in [6.45, 7) is 0.991. The molecule has 0 saturated carbocycles. The molecule has 130 valence electrons. The summed E-state index contributed by atoms with van der Waals surface area (Å²) in [6, 6.07) is 24.1. The van der Waals surface area contributed by atoms with Crippen LogP contribution in [0.4, 0.5) is 0 Å². The number of hydrogen-bond donors (Lipinski definition) is 1. The van der Waals surface area contributed by atoms with Crippen molar-refractivity contribution in [2.75, 3.05) is 7.11 Å². The van der Waals surface area contributed by atoms with Gasteiger partial charge in [-0.25, -0.2) is 0 Å². The summed E-state index contributed by atoms with van der Waals surface area (Å²) in [5, 5.41) is 0. The predicted octanol–water partition coefficient (Wildman–Crippen LogP) is 4.82. The minimum Gasteiger partial charge on any atom is -0.496 e. The number of methoxy groups -OCH3 is 1. The Labute approximate surface area is 154 Å². The van der Waals surface area contributed by atoms with Crippen molar-refractivity contribution < 1.29 is 9.47 Å². The van der Waals surface area contributed by atoms with Crippen molar-refractivity contribution in [2.24, 2.45) is 5.73 Å². The molecule has 0 aliphatic rings. The van der Waals surface area contributed by atoms with Crippen LogP contribution in [0.3, 0.4) is 0 Å². The molecule has 0 aromatic heterocycles. The lowest BCUT2D eigenvalue weighted by molar-refractivity contribution is 0.307. The Hall–Kier alpha value is -2.49. The van der Waals surface area contributed by atoms with Gasteiger partial charge in [0, 0.05) is 17.7 Å². The second-order valence-electron chi connectivity index (χ2n) is 5.51. The Morgan fingerprint density at radius 1 is 0.760 bits per heavy atom. The summed E-state index contributed by atoms with van der Waals surface area (Å²) in [4.78, 5) is 0.